The lowest BCUT2D eigenvalue weighted by molar-refractivity contribution is -0.141. The van der Waals surface area contributed by atoms with E-state index in [9.17, 15) is 18.0 Å². The smallest absolute Gasteiger partial charge is 0.311 e. The highest BCUT2D eigenvalue weighted by atomic mass is 19.4. The first-order valence-electron chi connectivity index (χ1n) is 7.73. The molecule has 1 fully saturated rings. The number of carbonyl (C=O) groups excluding carboxylic acids is 1. The molecule has 0 bridgehead atoms. The van der Waals surface area contributed by atoms with Gasteiger partial charge in [-0.25, -0.2) is 0 Å². The zero-order valence-corrected chi connectivity index (χ0v) is 13.4. The summed E-state index contributed by atoms with van der Waals surface area (Å²) in [6.07, 6.45) is -3.30. The molecule has 1 aromatic heterocycles. The molecular formula is C17H18F3N3O. The van der Waals surface area contributed by atoms with Crippen LogP contribution in [0.2, 0.25) is 0 Å². The summed E-state index contributed by atoms with van der Waals surface area (Å²) in [5, 5.41) is 6.04. The quantitative estimate of drug-likeness (QED) is 0.920. The normalized spacial score (nSPS) is 20.0. The van der Waals surface area contributed by atoms with Crippen molar-refractivity contribution in [1.82, 2.24) is 9.78 Å². The van der Waals surface area contributed by atoms with Crippen LogP contribution in [-0.4, -0.2) is 15.7 Å². The van der Waals surface area contributed by atoms with E-state index in [1.807, 2.05) is 30.3 Å². The van der Waals surface area contributed by atoms with Crippen LogP contribution in [0.5, 0.6) is 0 Å². The number of nitrogens with one attached hydrogen (secondary N) is 1. The summed E-state index contributed by atoms with van der Waals surface area (Å²) in [5.74, 6) is 0.417. The Hall–Kier alpha value is -2.31. The Morgan fingerprint density at radius 2 is 2.00 bits per heavy atom. The summed E-state index contributed by atoms with van der Waals surface area (Å²) in [5.41, 5.74) is 0.175. The Kier molecular flexibility index (Phi) is 4.11. The molecule has 2 aromatic rings. The van der Waals surface area contributed by atoms with Gasteiger partial charge in [-0.15, -0.1) is 0 Å². The summed E-state index contributed by atoms with van der Waals surface area (Å²) in [6.45, 7) is 1.31. The number of hydrogen-bond acceptors (Lipinski definition) is 2. The van der Waals surface area contributed by atoms with Crippen LogP contribution >= 0.6 is 0 Å². The second-order valence-corrected chi connectivity index (χ2v) is 6.21. The van der Waals surface area contributed by atoms with Gasteiger partial charge in [0.2, 0.25) is 5.91 Å². The topological polar surface area (TPSA) is 46.9 Å². The van der Waals surface area contributed by atoms with Gasteiger partial charge in [-0.1, -0.05) is 30.3 Å². The molecular weight excluding hydrogens is 319 g/mol. The molecule has 0 radical (unpaired) electrons. The van der Waals surface area contributed by atoms with Crippen molar-refractivity contribution in [3.05, 3.63) is 47.2 Å². The number of rotatable bonds is 4. The Morgan fingerprint density at radius 3 is 2.58 bits per heavy atom. The molecule has 1 N–H and O–H groups in total. The fraction of sp³-hybridized carbons (Fsp3) is 0.412. The van der Waals surface area contributed by atoms with Gasteiger partial charge in [0, 0.05) is 19.0 Å². The van der Waals surface area contributed by atoms with Crippen molar-refractivity contribution in [2.24, 2.45) is 13.0 Å². The SMILES string of the molecule is Cc1c(C(F)(F)F)nn(C)c1NC(=O)C[C@@H]1C[C@H]1c1ccccc1. The second-order valence-electron chi connectivity index (χ2n) is 6.21. The van der Waals surface area contributed by atoms with E-state index in [0.29, 0.717) is 12.3 Å². The summed E-state index contributed by atoms with van der Waals surface area (Å²) in [6, 6.07) is 9.93. The van der Waals surface area contributed by atoms with Crippen molar-refractivity contribution in [3.63, 3.8) is 0 Å². The number of carbonyl (C=O) groups is 1. The van der Waals surface area contributed by atoms with Gasteiger partial charge < -0.3 is 5.32 Å². The minimum atomic E-state index is -4.53. The van der Waals surface area contributed by atoms with Crippen molar-refractivity contribution in [2.45, 2.75) is 31.9 Å². The zero-order valence-electron chi connectivity index (χ0n) is 13.4. The number of aromatic nitrogens is 2. The highest BCUT2D eigenvalue weighted by Gasteiger charge is 2.40. The Morgan fingerprint density at radius 1 is 1.33 bits per heavy atom. The Balaban J connectivity index is 1.64. The number of hydrogen-bond donors (Lipinski definition) is 1. The van der Waals surface area contributed by atoms with E-state index < -0.39 is 11.9 Å². The fourth-order valence-electron chi connectivity index (χ4n) is 3.08. The number of alkyl halides is 3. The zero-order chi connectivity index (χ0) is 17.5. The molecule has 2 atom stereocenters. The number of nitrogens with zero attached hydrogens (tertiary/aromatic N) is 2. The van der Waals surface area contributed by atoms with Gasteiger partial charge in [-0.2, -0.15) is 18.3 Å². The van der Waals surface area contributed by atoms with E-state index in [1.165, 1.54) is 19.5 Å². The summed E-state index contributed by atoms with van der Waals surface area (Å²) >= 11 is 0. The predicted octanol–water partition coefficient (Wildman–Crippen LogP) is 3.88. The minimum Gasteiger partial charge on any atom is -0.311 e. The molecule has 0 unspecified atom stereocenters. The molecule has 1 saturated carbocycles. The molecule has 0 aliphatic heterocycles. The van der Waals surface area contributed by atoms with Crippen molar-refractivity contribution < 1.29 is 18.0 Å². The number of benzene rings is 1. The number of aryl methyl sites for hydroxylation is 1. The van der Waals surface area contributed by atoms with Crippen LogP contribution in [0.25, 0.3) is 0 Å². The molecule has 24 heavy (non-hydrogen) atoms. The van der Waals surface area contributed by atoms with Crippen LogP contribution < -0.4 is 5.32 Å². The first-order chi connectivity index (χ1) is 11.3. The molecule has 0 saturated heterocycles. The first-order valence-corrected chi connectivity index (χ1v) is 7.73. The van der Waals surface area contributed by atoms with Crippen LogP contribution in [0.3, 0.4) is 0 Å². The number of anilines is 1. The van der Waals surface area contributed by atoms with Crippen molar-refractivity contribution >= 4 is 11.7 Å². The van der Waals surface area contributed by atoms with Gasteiger partial charge in [0.25, 0.3) is 0 Å². The summed E-state index contributed by atoms with van der Waals surface area (Å²) < 4.78 is 39.6. The lowest BCUT2D eigenvalue weighted by Crippen LogP contribution is -2.15. The Labute approximate surface area is 137 Å². The molecule has 3 rings (SSSR count). The summed E-state index contributed by atoms with van der Waals surface area (Å²) in [7, 11) is 1.39. The molecule has 1 aliphatic rings. The van der Waals surface area contributed by atoms with E-state index in [-0.39, 0.29) is 23.2 Å². The van der Waals surface area contributed by atoms with E-state index in [1.54, 1.807) is 0 Å². The predicted molar refractivity (Wildman–Crippen MR) is 83.5 cm³/mol. The standard InChI is InChI=1S/C17H18F3N3O/c1-10-15(17(18,19)20)22-23(2)16(10)21-14(24)9-12-8-13(12)11-6-4-3-5-7-11/h3-7,12-13H,8-9H2,1-2H3,(H,21,24)/t12-,13-/m0/s1. The largest absolute Gasteiger partial charge is 0.435 e. The molecule has 4 nitrogen and oxygen atoms in total. The third-order valence-electron chi connectivity index (χ3n) is 4.41. The van der Waals surface area contributed by atoms with Crippen molar-refractivity contribution in [3.8, 4) is 0 Å². The van der Waals surface area contributed by atoms with Crippen LogP contribution in [-0.2, 0) is 18.0 Å². The average Bonchev–Trinajstić information content (AvgIpc) is 3.22. The van der Waals surface area contributed by atoms with Gasteiger partial charge in [-0.3, -0.25) is 9.48 Å². The van der Waals surface area contributed by atoms with Gasteiger partial charge >= 0.3 is 6.18 Å². The maximum absolute atomic E-state index is 12.9. The van der Waals surface area contributed by atoms with Crippen molar-refractivity contribution in [1.29, 1.82) is 0 Å². The number of halogens is 3. The first kappa shape index (κ1) is 16.5. The highest BCUT2D eigenvalue weighted by molar-refractivity contribution is 5.91. The molecule has 1 heterocycles. The van der Waals surface area contributed by atoms with Crippen LogP contribution in [0.4, 0.5) is 19.0 Å². The minimum absolute atomic E-state index is 0.0613. The average molecular weight is 337 g/mol. The van der Waals surface area contributed by atoms with E-state index in [2.05, 4.69) is 10.4 Å². The maximum Gasteiger partial charge on any atom is 0.435 e. The van der Waals surface area contributed by atoms with Crippen LogP contribution in [0.15, 0.2) is 30.3 Å². The summed E-state index contributed by atoms with van der Waals surface area (Å²) in [4.78, 5) is 12.2. The lowest BCUT2D eigenvalue weighted by Gasteiger charge is -2.07. The maximum atomic E-state index is 12.9. The van der Waals surface area contributed by atoms with Gasteiger partial charge in [0.05, 0.1) is 0 Å². The number of amides is 1. The lowest BCUT2D eigenvalue weighted by atomic mass is 10.1. The van der Waals surface area contributed by atoms with Crippen LogP contribution in [0, 0.1) is 12.8 Å². The Bertz CT molecular complexity index is 752. The molecule has 1 aromatic carbocycles. The van der Waals surface area contributed by atoms with Gasteiger partial charge in [-0.05, 0) is 30.7 Å². The monoisotopic (exact) mass is 337 g/mol. The van der Waals surface area contributed by atoms with E-state index >= 15 is 0 Å². The van der Waals surface area contributed by atoms with E-state index in [4.69, 9.17) is 0 Å². The molecule has 1 aliphatic carbocycles. The molecule has 7 heteroatoms. The molecule has 1 amide bonds. The fourth-order valence-corrected chi connectivity index (χ4v) is 3.08. The van der Waals surface area contributed by atoms with Gasteiger partial charge in [0.1, 0.15) is 5.82 Å². The third-order valence-corrected chi connectivity index (χ3v) is 4.41. The highest BCUT2D eigenvalue weighted by Crippen LogP contribution is 2.49. The van der Waals surface area contributed by atoms with Crippen molar-refractivity contribution in [2.75, 3.05) is 5.32 Å². The second kappa shape index (κ2) is 5.96. The third kappa shape index (κ3) is 3.29. The van der Waals surface area contributed by atoms with E-state index in [0.717, 1.165) is 11.1 Å². The molecule has 0 spiro atoms. The molecule has 128 valence electrons. The van der Waals surface area contributed by atoms with Gasteiger partial charge in [0.15, 0.2) is 5.69 Å². The van der Waals surface area contributed by atoms with Crippen LogP contribution in [0.1, 0.15) is 35.6 Å².